The first kappa shape index (κ1) is 15.0. The Hall–Kier alpha value is -1.40. The fraction of sp³-hybridized carbons (Fsp3) is 0.500. The van der Waals surface area contributed by atoms with E-state index in [1.54, 1.807) is 25.3 Å². The number of nitrogens with one attached hydrogen (secondary N) is 1. The van der Waals surface area contributed by atoms with Gasteiger partial charge in [-0.15, -0.1) is 0 Å². The number of methoxy groups -OCH3 is 1. The van der Waals surface area contributed by atoms with E-state index in [2.05, 4.69) is 10.2 Å². The van der Waals surface area contributed by atoms with Crippen molar-refractivity contribution in [2.24, 2.45) is 0 Å². The van der Waals surface area contributed by atoms with Gasteiger partial charge in [-0.3, -0.25) is 9.69 Å². The number of nitrogen functional groups attached to an aromatic ring is 1. The molecule has 1 aromatic rings. The van der Waals surface area contributed by atoms with Crippen LogP contribution in [0.2, 0.25) is 0 Å². The highest BCUT2D eigenvalue weighted by molar-refractivity contribution is 7.99. The molecule has 5 nitrogen and oxygen atoms in total. The van der Waals surface area contributed by atoms with Crippen LogP contribution < -0.4 is 15.8 Å². The van der Waals surface area contributed by atoms with E-state index < -0.39 is 0 Å². The van der Waals surface area contributed by atoms with Crippen molar-refractivity contribution in [2.75, 3.05) is 42.8 Å². The van der Waals surface area contributed by atoms with Crippen molar-refractivity contribution >= 4 is 29.0 Å². The maximum absolute atomic E-state index is 12.3. The number of nitrogens with two attached hydrogens (primary N) is 1. The number of carbonyl (C=O) groups excluding carboxylic acids is 1. The highest BCUT2D eigenvalue weighted by Gasteiger charge is 2.23. The Bertz CT molecular complexity index is 475. The fourth-order valence-electron chi connectivity index (χ4n) is 2.18. The van der Waals surface area contributed by atoms with Crippen molar-refractivity contribution in [1.82, 2.24) is 4.90 Å². The van der Waals surface area contributed by atoms with Gasteiger partial charge in [0.05, 0.1) is 18.8 Å². The molecular weight excluding hydrogens is 274 g/mol. The summed E-state index contributed by atoms with van der Waals surface area (Å²) >= 11 is 1.93. The van der Waals surface area contributed by atoms with Gasteiger partial charge in [-0.1, -0.05) is 0 Å². The summed E-state index contributed by atoms with van der Waals surface area (Å²) in [5.41, 5.74) is 6.98. The number of thioether (sulfide) groups is 1. The van der Waals surface area contributed by atoms with Crippen LogP contribution in [-0.2, 0) is 4.79 Å². The molecule has 110 valence electrons. The number of nitrogens with zero attached hydrogens (tertiary/aromatic N) is 1. The van der Waals surface area contributed by atoms with Gasteiger partial charge in [0.2, 0.25) is 5.91 Å². The Morgan fingerprint density at radius 3 is 2.80 bits per heavy atom. The molecule has 20 heavy (non-hydrogen) atoms. The number of hydrogen-bond acceptors (Lipinski definition) is 5. The van der Waals surface area contributed by atoms with Gasteiger partial charge in [-0.2, -0.15) is 11.8 Å². The molecule has 1 atom stereocenters. The Morgan fingerprint density at radius 2 is 2.15 bits per heavy atom. The predicted octanol–water partition coefficient (Wildman–Crippen LogP) is 1.65. The van der Waals surface area contributed by atoms with Crippen LogP contribution in [0.25, 0.3) is 0 Å². The van der Waals surface area contributed by atoms with Crippen molar-refractivity contribution < 1.29 is 9.53 Å². The fourth-order valence-corrected chi connectivity index (χ4v) is 3.11. The minimum Gasteiger partial charge on any atom is -0.494 e. The summed E-state index contributed by atoms with van der Waals surface area (Å²) in [6.07, 6.45) is 0. The number of ether oxygens (including phenoxy) is 1. The molecule has 1 saturated heterocycles. The van der Waals surface area contributed by atoms with Gasteiger partial charge < -0.3 is 15.8 Å². The minimum absolute atomic E-state index is 0.0139. The van der Waals surface area contributed by atoms with Gasteiger partial charge in [0.1, 0.15) is 5.75 Å². The standard InChI is InChI=1S/C14H21N3O2S/c1-10(17-5-7-20-8-6-17)14(18)16-12-4-3-11(15)9-13(12)19-2/h3-4,9-10H,5-8,15H2,1-2H3,(H,16,18). The lowest BCUT2D eigenvalue weighted by atomic mass is 10.2. The number of anilines is 2. The Balaban J connectivity index is 2.03. The highest BCUT2D eigenvalue weighted by Crippen LogP contribution is 2.27. The number of rotatable bonds is 4. The minimum atomic E-state index is -0.141. The summed E-state index contributed by atoms with van der Waals surface area (Å²) in [5, 5.41) is 2.92. The van der Waals surface area contributed by atoms with Crippen molar-refractivity contribution in [2.45, 2.75) is 13.0 Å². The van der Waals surface area contributed by atoms with Crippen LogP contribution >= 0.6 is 11.8 Å². The topological polar surface area (TPSA) is 67.6 Å². The SMILES string of the molecule is COc1cc(N)ccc1NC(=O)C(C)N1CCSCC1. The number of carbonyl (C=O) groups is 1. The lowest BCUT2D eigenvalue weighted by Crippen LogP contribution is -2.46. The van der Waals surface area contributed by atoms with E-state index in [4.69, 9.17) is 10.5 Å². The van der Waals surface area contributed by atoms with E-state index in [1.807, 2.05) is 18.7 Å². The molecule has 0 radical (unpaired) electrons. The van der Waals surface area contributed by atoms with Gasteiger partial charge in [0.15, 0.2) is 0 Å². The third kappa shape index (κ3) is 3.58. The van der Waals surface area contributed by atoms with E-state index >= 15 is 0 Å². The molecule has 1 amide bonds. The molecule has 1 aromatic carbocycles. The third-order valence-corrected chi connectivity index (χ3v) is 4.40. The van der Waals surface area contributed by atoms with Crippen LogP contribution in [0.4, 0.5) is 11.4 Å². The largest absolute Gasteiger partial charge is 0.494 e. The molecule has 3 N–H and O–H groups in total. The summed E-state index contributed by atoms with van der Waals surface area (Å²) in [6.45, 7) is 3.85. The summed E-state index contributed by atoms with van der Waals surface area (Å²) in [6, 6.07) is 5.08. The summed E-state index contributed by atoms with van der Waals surface area (Å²) in [4.78, 5) is 14.5. The maximum atomic E-state index is 12.3. The van der Waals surface area contributed by atoms with Crippen molar-refractivity contribution in [3.63, 3.8) is 0 Å². The lowest BCUT2D eigenvalue weighted by molar-refractivity contribution is -0.120. The molecule has 0 aromatic heterocycles. The summed E-state index contributed by atoms with van der Waals surface area (Å²) in [5.74, 6) is 2.74. The molecule has 0 aliphatic carbocycles. The van der Waals surface area contributed by atoms with Crippen molar-refractivity contribution in [3.8, 4) is 5.75 Å². The Morgan fingerprint density at radius 1 is 1.45 bits per heavy atom. The summed E-state index contributed by atoms with van der Waals surface area (Å²) in [7, 11) is 1.57. The summed E-state index contributed by atoms with van der Waals surface area (Å²) < 4.78 is 5.24. The van der Waals surface area contributed by atoms with Gasteiger partial charge in [0, 0.05) is 36.3 Å². The zero-order valence-corrected chi connectivity index (χ0v) is 12.7. The lowest BCUT2D eigenvalue weighted by Gasteiger charge is -2.31. The van der Waals surface area contributed by atoms with Gasteiger partial charge in [-0.05, 0) is 19.1 Å². The van der Waals surface area contributed by atoms with Crippen molar-refractivity contribution in [1.29, 1.82) is 0 Å². The second-order valence-corrected chi connectivity index (χ2v) is 6.00. The average Bonchev–Trinajstić information content (AvgIpc) is 2.49. The van der Waals surface area contributed by atoms with Crippen LogP contribution in [0.15, 0.2) is 18.2 Å². The smallest absolute Gasteiger partial charge is 0.241 e. The molecule has 6 heteroatoms. The monoisotopic (exact) mass is 295 g/mol. The second-order valence-electron chi connectivity index (χ2n) is 4.77. The molecular formula is C14H21N3O2S. The van der Waals surface area contributed by atoms with Gasteiger partial charge in [0.25, 0.3) is 0 Å². The molecule has 1 unspecified atom stereocenters. The first-order valence-corrected chi connectivity index (χ1v) is 7.83. The predicted molar refractivity (Wildman–Crippen MR) is 84.4 cm³/mol. The molecule has 1 heterocycles. The first-order valence-electron chi connectivity index (χ1n) is 6.68. The second kappa shape index (κ2) is 6.85. The third-order valence-electron chi connectivity index (χ3n) is 3.46. The van der Waals surface area contributed by atoms with E-state index in [0.29, 0.717) is 17.1 Å². The number of benzene rings is 1. The van der Waals surface area contributed by atoms with Gasteiger partial charge >= 0.3 is 0 Å². The van der Waals surface area contributed by atoms with E-state index in [9.17, 15) is 4.79 Å². The zero-order valence-electron chi connectivity index (χ0n) is 11.9. The number of hydrogen-bond donors (Lipinski definition) is 2. The average molecular weight is 295 g/mol. The normalized spacial score (nSPS) is 17.5. The highest BCUT2D eigenvalue weighted by atomic mass is 32.2. The van der Waals surface area contributed by atoms with E-state index in [0.717, 1.165) is 24.6 Å². The Labute approximate surface area is 123 Å². The van der Waals surface area contributed by atoms with E-state index in [-0.39, 0.29) is 11.9 Å². The maximum Gasteiger partial charge on any atom is 0.241 e. The molecule has 1 fully saturated rings. The van der Waals surface area contributed by atoms with Crippen LogP contribution in [0.1, 0.15) is 6.92 Å². The van der Waals surface area contributed by atoms with E-state index in [1.165, 1.54) is 0 Å². The quantitative estimate of drug-likeness (QED) is 0.827. The van der Waals surface area contributed by atoms with Crippen LogP contribution in [-0.4, -0.2) is 48.6 Å². The van der Waals surface area contributed by atoms with Gasteiger partial charge in [-0.25, -0.2) is 0 Å². The van der Waals surface area contributed by atoms with Crippen LogP contribution in [0, 0.1) is 0 Å². The molecule has 0 saturated carbocycles. The van der Waals surface area contributed by atoms with Crippen LogP contribution in [0.3, 0.4) is 0 Å². The zero-order chi connectivity index (χ0) is 14.5. The number of amides is 1. The molecule has 2 rings (SSSR count). The molecule has 0 spiro atoms. The molecule has 1 aliphatic heterocycles. The van der Waals surface area contributed by atoms with Crippen LogP contribution in [0.5, 0.6) is 5.75 Å². The Kier molecular flexibility index (Phi) is 5.14. The molecule has 0 bridgehead atoms. The molecule has 1 aliphatic rings. The first-order chi connectivity index (χ1) is 9.61. The van der Waals surface area contributed by atoms with Crippen molar-refractivity contribution in [3.05, 3.63) is 18.2 Å².